The highest BCUT2D eigenvalue weighted by molar-refractivity contribution is 5.87. The minimum absolute atomic E-state index is 0.00477. The van der Waals surface area contributed by atoms with Gasteiger partial charge < -0.3 is 19.3 Å². The van der Waals surface area contributed by atoms with Crippen molar-refractivity contribution >= 4 is 6.29 Å². The number of nitrogens with zero attached hydrogens (tertiary/aromatic N) is 3. The van der Waals surface area contributed by atoms with Gasteiger partial charge in [-0.1, -0.05) is 66.2 Å². The maximum absolute atomic E-state index is 12.4. The molecule has 47 heavy (non-hydrogen) atoms. The van der Waals surface area contributed by atoms with E-state index in [1.807, 2.05) is 42.5 Å². The van der Waals surface area contributed by atoms with Crippen LogP contribution in [0.2, 0.25) is 0 Å². The van der Waals surface area contributed by atoms with E-state index in [0.717, 1.165) is 50.4 Å². The van der Waals surface area contributed by atoms with Crippen molar-refractivity contribution in [3.63, 3.8) is 0 Å². The summed E-state index contributed by atoms with van der Waals surface area (Å²) in [7, 11) is 1.61. The highest BCUT2D eigenvalue weighted by atomic mass is 16.5. The molecule has 4 aromatic rings. The van der Waals surface area contributed by atoms with Crippen LogP contribution >= 0.6 is 0 Å². The summed E-state index contributed by atoms with van der Waals surface area (Å²) in [5.74, 6) is 3.83. The van der Waals surface area contributed by atoms with Crippen molar-refractivity contribution in [2.75, 3.05) is 20.3 Å². The number of phenolic OH excluding ortho intramolecular Hbond substituents is 1. The van der Waals surface area contributed by atoms with Gasteiger partial charge >= 0.3 is 0 Å². The Morgan fingerprint density at radius 2 is 1.19 bits per heavy atom. The average Bonchev–Trinajstić information content (AvgIpc) is 3.11. The molecule has 8 nitrogen and oxygen atoms in total. The Morgan fingerprint density at radius 1 is 0.681 bits per heavy atom. The number of benzene rings is 3. The maximum Gasteiger partial charge on any atom is 0.167 e. The number of hydrogen-bond donors (Lipinski definition) is 1. The number of carbonyl (C=O) groups excluding carboxylic acids is 1. The van der Waals surface area contributed by atoms with Gasteiger partial charge in [-0.15, -0.1) is 0 Å². The summed E-state index contributed by atoms with van der Waals surface area (Å²) in [6.07, 6.45) is 9.76. The zero-order chi connectivity index (χ0) is 33.6. The predicted octanol–water partition coefficient (Wildman–Crippen LogP) is 9.59. The number of unbranched alkanes of at least 4 members (excludes halogenated alkanes) is 2. The summed E-state index contributed by atoms with van der Waals surface area (Å²) >= 11 is 0. The molecule has 3 aromatic carbocycles. The Kier molecular flexibility index (Phi) is 13.6. The summed E-state index contributed by atoms with van der Waals surface area (Å²) < 4.78 is 17.5. The molecule has 0 radical (unpaired) electrons. The lowest BCUT2D eigenvalue weighted by atomic mass is 10.0. The lowest BCUT2D eigenvalue weighted by molar-refractivity contribution is 0.112. The molecule has 0 spiro atoms. The van der Waals surface area contributed by atoms with Gasteiger partial charge in [0.2, 0.25) is 0 Å². The van der Waals surface area contributed by atoms with Crippen LogP contribution in [0.1, 0.15) is 89.4 Å². The highest BCUT2D eigenvalue weighted by Gasteiger charge is 2.18. The quantitative estimate of drug-likeness (QED) is 0.101. The molecule has 1 aromatic heterocycles. The largest absolute Gasteiger partial charge is 0.507 e. The number of aldehydes is 1. The zero-order valence-corrected chi connectivity index (χ0v) is 28.5. The zero-order valence-electron chi connectivity index (χ0n) is 28.5. The van der Waals surface area contributed by atoms with Gasteiger partial charge in [0.1, 0.15) is 23.0 Å². The predicted molar refractivity (Wildman–Crippen MR) is 187 cm³/mol. The first kappa shape index (κ1) is 35.4. The van der Waals surface area contributed by atoms with Gasteiger partial charge in [-0.05, 0) is 79.3 Å². The van der Waals surface area contributed by atoms with E-state index in [4.69, 9.17) is 29.2 Å². The van der Waals surface area contributed by atoms with E-state index in [-0.39, 0.29) is 11.6 Å². The first-order chi connectivity index (χ1) is 22.9. The van der Waals surface area contributed by atoms with Gasteiger partial charge in [-0.2, -0.15) is 0 Å². The summed E-state index contributed by atoms with van der Waals surface area (Å²) in [4.78, 5) is 26.6. The number of ether oxygens (including phenoxy) is 3. The first-order valence-electron chi connectivity index (χ1n) is 17.0. The molecule has 0 amide bonds. The van der Waals surface area contributed by atoms with Crippen molar-refractivity contribution in [1.29, 1.82) is 0 Å². The van der Waals surface area contributed by atoms with Crippen molar-refractivity contribution in [2.45, 2.75) is 79.1 Å². The number of aromatic hydroxyl groups is 1. The SMILES string of the molecule is CCCCC(CC)COc1ccc(-c2nc(-c3ccc(OC)cc3)nc(-c3ccc(OCC(CC)CCCC)cc3C=O)n2)c(O)c1. The fraction of sp³-hybridized carbons (Fsp3) is 0.436. The number of aromatic nitrogens is 3. The number of methoxy groups -OCH3 is 1. The molecule has 8 heteroatoms. The minimum atomic E-state index is -0.00477. The van der Waals surface area contributed by atoms with Gasteiger partial charge in [0.15, 0.2) is 23.8 Å². The lowest BCUT2D eigenvalue weighted by Gasteiger charge is -2.17. The van der Waals surface area contributed by atoms with Gasteiger partial charge in [-0.25, -0.2) is 15.0 Å². The molecule has 0 bridgehead atoms. The third kappa shape index (κ3) is 9.77. The standard InChI is InChI=1S/C39H49N3O5/c1-6-10-12-27(8-3)25-46-32-18-20-34(30(22-32)24-43)38-40-37(29-14-16-31(45-5)17-15-29)41-39(42-38)35-21-19-33(23-36(35)44)47-26-28(9-4)13-11-7-2/h14-24,27-28,44H,6-13,25-26H2,1-5H3. The Balaban J connectivity index is 1.69. The molecule has 2 unspecified atom stereocenters. The summed E-state index contributed by atoms with van der Waals surface area (Å²) in [6, 6.07) is 18.0. The molecular weight excluding hydrogens is 590 g/mol. The van der Waals surface area contributed by atoms with Crippen molar-refractivity contribution in [2.24, 2.45) is 11.8 Å². The van der Waals surface area contributed by atoms with E-state index >= 15 is 0 Å². The Labute approximate surface area is 279 Å². The van der Waals surface area contributed by atoms with Crippen molar-refractivity contribution in [3.8, 4) is 57.2 Å². The third-order valence-electron chi connectivity index (χ3n) is 8.64. The van der Waals surface area contributed by atoms with Crippen LogP contribution in [0.5, 0.6) is 23.0 Å². The molecule has 1 N–H and O–H groups in total. The van der Waals surface area contributed by atoms with Crippen LogP contribution in [-0.4, -0.2) is 46.7 Å². The second-order valence-corrected chi connectivity index (χ2v) is 12.0. The Morgan fingerprint density at radius 3 is 1.70 bits per heavy atom. The molecular formula is C39H49N3O5. The van der Waals surface area contributed by atoms with Gasteiger partial charge in [-0.3, -0.25) is 4.79 Å². The topological polar surface area (TPSA) is 104 Å². The maximum atomic E-state index is 12.4. The van der Waals surface area contributed by atoms with E-state index < -0.39 is 0 Å². The van der Waals surface area contributed by atoms with Gasteiger partial charge in [0.05, 0.1) is 25.9 Å². The van der Waals surface area contributed by atoms with E-state index in [1.165, 1.54) is 12.8 Å². The Hall–Kier alpha value is -4.46. The third-order valence-corrected chi connectivity index (χ3v) is 8.64. The fourth-order valence-corrected chi connectivity index (χ4v) is 5.43. The van der Waals surface area contributed by atoms with Crippen LogP contribution < -0.4 is 14.2 Å². The van der Waals surface area contributed by atoms with Crippen LogP contribution in [0.25, 0.3) is 34.2 Å². The molecule has 0 aliphatic carbocycles. The van der Waals surface area contributed by atoms with Crippen LogP contribution in [0.4, 0.5) is 0 Å². The lowest BCUT2D eigenvalue weighted by Crippen LogP contribution is -2.11. The van der Waals surface area contributed by atoms with Crippen molar-refractivity contribution < 1.29 is 24.1 Å². The number of carbonyl (C=O) groups is 1. The van der Waals surface area contributed by atoms with Crippen LogP contribution in [0.3, 0.4) is 0 Å². The second-order valence-electron chi connectivity index (χ2n) is 12.0. The summed E-state index contributed by atoms with van der Waals surface area (Å²) in [5, 5.41) is 11.1. The van der Waals surface area contributed by atoms with Crippen LogP contribution in [-0.2, 0) is 0 Å². The summed E-state index contributed by atoms with van der Waals surface area (Å²) in [5.41, 5.74) is 2.11. The molecule has 0 aliphatic rings. The monoisotopic (exact) mass is 639 g/mol. The molecule has 0 saturated carbocycles. The van der Waals surface area contributed by atoms with Crippen LogP contribution in [0.15, 0.2) is 60.7 Å². The van der Waals surface area contributed by atoms with E-state index in [1.54, 1.807) is 25.3 Å². The van der Waals surface area contributed by atoms with Gasteiger partial charge in [0, 0.05) is 22.8 Å². The molecule has 250 valence electrons. The molecule has 0 fully saturated rings. The summed E-state index contributed by atoms with van der Waals surface area (Å²) in [6.45, 7) is 9.94. The number of rotatable bonds is 19. The van der Waals surface area contributed by atoms with Crippen LogP contribution in [0, 0.1) is 11.8 Å². The molecule has 1 heterocycles. The molecule has 0 aliphatic heterocycles. The smallest absolute Gasteiger partial charge is 0.167 e. The average molecular weight is 640 g/mol. The number of hydrogen-bond acceptors (Lipinski definition) is 8. The van der Waals surface area contributed by atoms with E-state index in [2.05, 4.69) is 27.7 Å². The first-order valence-corrected chi connectivity index (χ1v) is 17.0. The van der Waals surface area contributed by atoms with E-state index in [9.17, 15) is 9.90 Å². The minimum Gasteiger partial charge on any atom is -0.507 e. The molecule has 0 saturated heterocycles. The van der Waals surface area contributed by atoms with E-state index in [0.29, 0.717) is 70.6 Å². The molecule has 2 atom stereocenters. The normalized spacial score (nSPS) is 12.4. The molecule has 4 rings (SSSR count). The Bertz CT molecular complexity index is 1570. The second kappa shape index (κ2) is 18.0. The van der Waals surface area contributed by atoms with Crippen molar-refractivity contribution in [3.05, 3.63) is 66.2 Å². The highest BCUT2D eigenvalue weighted by Crippen LogP contribution is 2.34. The fourth-order valence-electron chi connectivity index (χ4n) is 5.43. The van der Waals surface area contributed by atoms with Crippen molar-refractivity contribution in [1.82, 2.24) is 15.0 Å². The number of phenols is 1. The van der Waals surface area contributed by atoms with Gasteiger partial charge in [0.25, 0.3) is 0 Å².